The summed E-state index contributed by atoms with van der Waals surface area (Å²) in [5.41, 5.74) is 1.74. The number of carbonyl (C=O) groups is 1. The molecule has 0 aliphatic heterocycles. The fraction of sp³-hybridized carbons (Fsp3) is 0.125. The Bertz CT molecular complexity index is 767. The maximum absolute atomic E-state index is 11.6. The van der Waals surface area contributed by atoms with E-state index in [1.165, 1.54) is 11.3 Å². The topological polar surface area (TPSA) is 50.2 Å². The molecule has 0 spiro atoms. The zero-order valence-corrected chi connectivity index (χ0v) is 12.6. The average Bonchev–Trinajstić information content (AvgIpc) is 2.88. The zero-order chi connectivity index (χ0) is 14.8. The minimum absolute atomic E-state index is 0.385. The molecule has 0 fully saturated rings. The van der Waals surface area contributed by atoms with Crippen LogP contribution in [0.3, 0.4) is 0 Å². The first kappa shape index (κ1) is 14.0. The SMILES string of the molecule is O=C(O)C(Cc1cccc(Cl)c1)c1nc2ccccc2s1. The standard InChI is InChI=1S/C16H12ClNO2S/c17-11-5-3-4-10(8-11)9-12(16(19)20)15-18-13-6-1-2-7-14(13)21-15/h1-8,12H,9H2,(H,19,20). The van der Waals surface area contributed by atoms with Gasteiger partial charge in [-0.15, -0.1) is 11.3 Å². The van der Waals surface area contributed by atoms with E-state index in [1.54, 1.807) is 12.1 Å². The van der Waals surface area contributed by atoms with Crippen molar-refractivity contribution in [3.05, 3.63) is 64.1 Å². The predicted octanol–water partition coefficient (Wildman–Crippen LogP) is 4.36. The van der Waals surface area contributed by atoms with Crippen LogP contribution in [0, 0.1) is 0 Å². The van der Waals surface area contributed by atoms with Crippen LogP contribution in [0.2, 0.25) is 5.02 Å². The molecule has 0 saturated carbocycles. The summed E-state index contributed by atoms with van der Waals surface area (Å²) in [7, 11) is 0. The first-order valence-electron chi connectivity index (χ1n) is 6.46. The van der Waals surface area contributed by atoms with Gasteiger partial charge in [0, 0.05) is 5.02 Å². The highest BCUT2D eigenvalue weighted by Crippen LogP contribution is 2.30. The second-order valence-electron chi connectivity index (χ2n) is 4.74. The summed E-state index contributed by atoms with van der Waals surface area (Å²) in [5, 5.41) is 10.8. The third-order valence-electron chi connectivity index (χ3n) is 3.24. The van der Waals surface area contributed by atoms with Gasteiger partial charge in [0.15, 0.2) is 0 Å². The Labute approximate surface area is 130 Å². The van der Waals surface area contributed by atoms with Gasteiger partial charge in [-0.2, -0.15) is 0 Å². The summed E-state index contributed by atoms with van der Waals surface area (Å²) in [4.78, 5) is 16.1. The number of carboxylic acids is 1. The zero-order valence-electron chi connectivity index (χ0n) is 11.0. The smallest absolute Gasteiger partial charge is 0.313 e. The summed E-state index contributed by atoms with van der Waals surface area (Å²) < 4.78 is 1.00. The lowest BCUT2D eigenvalue weighted by molar-refractivity contribution is -0.138. The number of carboxylic acid groups (broad SMARTS) is 1. The normalized spacial score (nSPS) is 12.4. The molecule has 5 heteroatoms. The summed E-state index contributed by atoms with van der Waals surface area (Å²) in [6.07, 6.45) is 0.385. The summed E-state index contributed by atoms with van der Waals surface area (Å²) in [5.74, 6) is -1.52. The van der Waals surface area contributed by atoms with Crippen molar-refractivity contribution in [2.24, 2.45) is 0 Å². The van der Waals surface area contributed by atoms with Gasteiger partial charge in [0.05, 0.1) is 10.2 Å². The van der Waals surface area contributed by atoms with Crippen molar-refractivity contribution in [1.29, 1.82) is 0 Å². The lowest BCUT2D eigenvalue weighted by Crippen LogP contribution is -2.14. The van der Waals surface area contributed by atoms with E-state index in [2.05, 4.69) is 4.98 Å². The largest absolute Gasteiger partial charge is 0.481 e. The fourth-order valence-electron chi connectivity index (χ4n) is 2.22. The van der Waals surface area contributed by atoms with Crippen molar-refractivity contribution in [3.63, 3.8) is 0 Å². The average molecular weight is 318 g/mol. The molecule has 0 saturated heterocycles. The Morgan fingerprint density at radius 1 is 1.24 bits per heavy atom. The van der Waals surface area contributed by atoms with Crippen LogP contribution < -0.4 is 0 Å². The van der Waals surface area contributed by atoms with E-state index in [1.807, 2.05) is 36.4 Å². The van der Waals surface area contributed by atoms with E-state index in [9.17, 15) is 9.90 Å². The van der Waals surface area contributed by atoms with Crippen LogP contribution in [0.5, 0.6) is 0 Å². The van der Waals surface area contributed by atoms with Crippen LogP contribution >= 0.6 is 22.9 Å². The highest BCUT2D eigenvalue weighted by Gasteiger charge is 2.24. The molecule has 1 N–H and O–H groups in total. The Kier molecular flexibility index (Phi) is 3.90. The molecule has 1 aromatic heterocycles. The number of rotatable bonds is 4. The van der Waals surface area contributed by atoms with Crippen molar-refractivity contribution >= 4 is 39.1 Å². The van der Waals surface area contributed by atoms with Crippen LogP contribution in [-0.2, 0) is 11.2 Å². The van der Waals surface area contributed by atoms with Gasteiger partial charge in [-0.1, -0.05) is 35.9 Å². The number of benzene rings is 2. The van der Waals surface area contributed by atoms with Gasteiger partial charge >= 0.3 is 5.97 Å². The van der Waals surface area contributed by atoms with Gasteiger partial charge in [0.1, 0.15) is 10.9 Å². The Morgan fingerprint density at radius 2 is 2.05 bits per heavy atom. The minimum Gasteiger partial charge on any atom is -0.481 e. The van der Waals surface area contributed by atoms with Crippen molar-refractivity contribution < 1.29 is 9.90 Å². The molecule has 106 valence electrons. The number of fused-ring (bicyclic) bond motifs is 1. The molecule has 3 rings (SSSR count). The van der Waals surface area contributed by atoms with Crippen LogP contribution in [0.4, 0.5) is 0 Å². The number of halogens is 1. The van der Waals surface area contributed by atoms with E-state index < -0.39 is 11.9 Å². The monoisotopic (exact) mass is 317 g/mol. The van der Waals surface area contributed by atoms with Crippen LogP contribution in [0.25, 0.3) is 10.2 Å². The highest BCUT2D eigenvalue weighted by molar-refractivity contribution is 7.18. The summed E-state index contributed by atoms with van der Waals surface area (Å²) in [6, 6.07) is 15.0. The molecule has 0 aliphatic carbocycles. The van der Waals surface area contributed by atoms with Crippen LogP contribution in [0.15, 0.2) is 48.5 Å². The molecule has 3 nitrogen and oxygen atoms in total. The molecule has 3 aromatic rings. The van der Waals surface area contributed by atoms with Gasteiger partial charge in [-0.25, -0.2) is 4.98 Å². The van der Waals surface area contributed by atoms with E-state index in [0.717, 1.165) is 15.8 Å². The van der Waals surface area contributed by atoms with E-state index >= 15 is 0 Å². The van der Waals surface area contributed by atoms with Gasteiger partial charge < -0.3 is 5.11 Å². The molecule has 21 heavy (non-hydrogen) atoms. The molecule has 1 atom stereocenters. The molecular formula is C16H12ClNO2S. The first-order chi connectivity index (χ1) is 10.1. The number of nitrogens with zero attached hydrogens (tertiary/aromatic N) is 1. The number of aromatic nitrogens is 1. The molecule has 0 bridgehead atoms. The Morgan fingerprint density at radius 3 is 2.76 bits per heavy atom. The molecule has 1 heterocycles. The molecular weight excluding hydrogens is 306 g/mol. The Hall–Kier alpha value is -1.91. The highest BCUT2D eigenvalue weighted by atomic mass is 35.5. The lowest BCUT2D eigenvalue weighted by Gasteiger charge is -2.09. The van der Waals surface area contributed by atoms with Gasteiger partial charge in [0.25, 0.3) is 0 Å². The van der Waals surface area contributed by atoms with Crippen LogP contribution in [-0.4, -0.2) is 16.1 Å². The molecule has 0 radical (unpaired) electrons. The maximum atomic E-state index is 11.6. The number of aliphatic carboxylic acids is 1. The van der Waals surface area contributed by atoms with Crippen LogP contribution in [0.1, 0.15) is 16.5 Å². The number of hydrogen-bond donors (Lipinski definition) is 1. The van der Waals surface area contributed by atoms with Gasteiger partial charge in [-0.3, -0.25) is 4.79 Å². The molecule has 0 amide bonds. The van der Waals surface area contributed by atoms with Crippen molar-refractivity contribution in [2.75, 3.05) is 0 Å². The Balaban J connectivity index is 1.96. The fourth-order valence-corrected chi connectivity index (χ4v) is 3.49. The lowest BCUT2D eigenvalue weighted by atomic mass is 10.00. The summed E-state index contributed by atoms with van der Waals surface area (Å²) in [6.45, 7) is 0. The maximum Gasteiger partial charge on any atom is 0.313 e. The van der Waals surface area contributed by atoms with E-state index in [0.29, 0.717) is 16.5 Å². The van der Waals surface area contributed by atoms with Crippen molar-refractivity contribution in [1.82, 2.24) is 4.98 Å². The summed E-state index contributed by atoms with van der Waals surface area (Å²) >= 11 is 7.39. The van der Waals surface area contributed by atoms with Gasteiger partial charge in [0.2, 0.25) is 0 Å². The van der Waals surface area contributed by atoms with E-state index in [4.69, 9.17) is 11.6 Å². The second-order valence-corrected chi connectivity index (χ2v) is 6.24. The number of thiazole rings is 1. The third kappa shape index (κ3) is 3.06. The number of hydrogen-bond acceptors (Lipinski definition) is 3. The quantitative estimate of drug-likeness (QED) is 0.777. The van der Waals surface area contributed by atoms with Crippen molar-refractivity contribution in [2.45, 2.75) is 12.3 Å². The van der Waals surface area contributed by atoms with Crippen molar-refractivity contribution in [3.8, 4) is 0 Å². The molecule has 1 unspecified atom stereocenters. The third-order valence-corrected chi connectivity index (χ3v) is 4.62. The second kappa shape index (κ2) is 5.84. The van der Waals surface area contributed by atoms with Gasteiger partial charge in [-0.05, 0) is 36.2 Å². The molecule has 0 aliphatic rings. The number of para-hydroxylation sites is 1. The molecule has 2 aromatic carbocycles. The minimum atomic E-state index is -0.867. The van der Waals surface area contributed by atoms with E-state index in [-0.39, 0.29) is 0 Å². The first-order valence-corrected chi connectivity index (χ1v) is 7.65. The predicted molar refractivity (Wildman–Crippen MR) is 85.2 cm³/mol.